The Bertz CT molecular complexity index is 1010. The van der Waals surface area contributed by atoms with Crippen molar-refractivity contribution >= 4 is 5.84 Å². The molecule has 9 heteroatoms. The van der Waals surface area contributed by atoms with Crippen LogP contribution in [0.1, 0.15) is 38.3 Å². The molecule has 0 bridgehead atoms. The Hall–Kier alpha value is -2.96. The van der Waals surface area contributed by atoms with Gasteiger partial charge in [0.15, 0.2) is 0 Å². The second kappa shape index (κ2) is 12.5. The zero-order valence-electron chi connectivity index (χ0n) is 19.7. The number of halogens is 4. The van der Waals surface area contributed by atoms with Crippen molar-refractivity contribution in [1.82, 2.24) is 10.3 Å². The Morgan fingerprint density at radius 3 is 2.47 bits per heavy atom. The fraction of sp³-hybridized carbons (Fsp3) is 0.440. The van der Waals surface area contributed by atoms with Gasteiger partial charge in [0.1, 0.15) is 23.3 Å². The van der Waals surface area contributed by atoms with E-state index in [1.165, 1.54) is 17.1 Å². The molecule has 3 N–H and O–H groups in total. The number of hydrogen-bond acceptors (Lipinski definition) is 4. The molecular weight excluding hydrogens is 446 g/mol. The average Bonchev–Trinajstić information content (AvgIpc) is 2.76. The number of nitrogens with zero attached hydrogens (tertiary/aromatic N) is 3. The predicted octanol–water partition coefficient (Wildman–Crippen LogP) is 4.88. The molecule has 0 aliphatic heterocycles. The summed E-state index contributed by atoms with van der Waals surface area (Å²) in [6.45, 7) is 5.20. The summed E-state index contributed by atoms with van der Waals surface area (Å²) in [5.74, 6) is 4.55. The lowest BCUT2D eigenvalue weighted by atomic mass is 9.85. The third kappa shape index (κ3) is 8.12. The minimum atomic E-state index is -0.673. The molecule has 184 valence electrons. The molecule has 0 radical (unpaired) electrons. The van der Waals surface area contributed by atoms with Gasteiger partial charge in [-0.05, 0) is 41.3 Å². The van der Waals surface area contributed by atoms with Crippen molar-refractivity contribution in [3.63, 3.8) is 0 Å². The van der Waals surface area contributed by atoms with Gasteiger partial charge in [-0.1, -0.05) is 32.9 Å². The maximum Gasteiger partial charge on any atom is 0.132 e. The number of benzene rings is 2. The average molecular weight is 478 g/mol. The maximum absolute atomic E-state index is 14.2. The Labute approximate surface area is 198 Å². The van der Waals surface area contributed by atoms with Gasteiger partial charge in [-0.25, -0.2) is 19.0 Å². The minimum absolute atomic E-state index is 0.0387. The summed E-state index contributed by atoms with van der Waals surface area (Å²) in [5.41, 5.74) is 0.160. The summed E-state index contributed by atoms with van der Waals surface area (Å²) in [6.07, 6.45) is 0.0387. The molecule has 0 amide bonds. The highest BCUT2D eigenvalue weighted by Crippen LogP contribution is 2.23. The Balaban J connectivity index is 2.42. The van der Waals surface area contributed by atoms with E-state index in [0.29, 0.717) is 11.4 Å². The van der Waals surface area contributed by atoms with E-state index in [1.54, 1.807) is 12.1 Å². The van der Waals surface area contributed by atoms with Gasteiger partial charge in [-0.15, -0.1) is 0 Å². The molecule has 34 heavy (non-hydrogen) atoms. The largest absolute Gasteiger partial charge is 0.306 e. The van der Waals surface area contributed by atoms with Gasteiger partial charge in [0.05, 0.1) is 31.9 Å². The number of nitrogens with two attached hydrogens (primary N) is 1. The van der Waals surface area contributed by atoms with Crippen molar-refractivity contribution in [2.45, 2.75) is 46.3 Å². The number of hydrogen-bond donors (Lipinski definition) is 2. The first-order chi connectivity index (χ1) is 16.0. The van der Waals surface area contributed by atoms with Crippen LogP contribution in [0.15, 0.2) is 47.5 Å². The van der Waals surface area contributed by atoms with Crippen molar-refractivity contribution in [2.24, 2.45) is 22.2 Å². The number of nitrogens with one attached hydrogen (secondary N) is 1. The first-order valence-electron chi connectivity index (χ1n) is 11.0. The summed E-state index contributed by atoms with van der Waals surface area (Å²) < 4.78 is 54.9. The molecule has 5 nitrogen and oxygen atoms in total. The van der Waals surface area contributed by atoms with Crippen LogP contribution in [0.3, 0.4) is 0 Å². The van der Waals surface area contributed by atoms with E-state index in [4.69, 9.17) is 11.1 Å². The fourth-order valence-corrected chi connectivity index (χ4v) is 3.47. The van der Waals surface area contributed by atoms with Gasteiger partial charge >= 0.3 is 0 Å². The summed E-state index contributed by atoms with van der Waals surface area (Å²) in [6, 6.07) is 10.5. The quantitative estimate of drug-likeness (QED) is 0.168. The van der Waals surface area contributed by atoms with Gasteiger partial charge in [0.2, 0.25) is 0 Å². The van der Waals surface area contributed by atoms with Crippen molar-refractivity contribution in [3.8, 4) is 6.07 Å². The van der Waals surface area contributed by atoms with Crippen molar-refractivity contribution < 1.29 is 17.6 Å². The third-order valence-electron chi connectivity index (χ3n) is 5.29. The van der Waals surface area contributed by atoms with Crippen LogP contribution in [-0.4, -0.2) is 30.1 Å². The molecule has 0 saturated carbocycles. The van der Waals surface area contributed by atoms with E-state index in [0.717, 1.165) is 18.2 Å². The normalized spacial score (nSPS) is 13.9. The molecule has 0 aromatic heterocycles. The van der Waals surface area contributed by atoms with Crippen molar-refractivity contribution in [2.75, 3.05) is 13.2 Å². The van der Waals surface area contributed by atoms with Crippen LogP contribution in [0.4, 0.5) is 17.6 Å². The summed E-state index contributed by atoms with van der Waals surface area (Å²) >= 11 is 0. The molecule has 0 fully saturated rings. The third-order valence-corrected chi connectivity index (χ3v) is 5.29. The molecule has 0 heterocycles. The smallest absolute Gasteiger partial charge is 0.132 e. The van der Waals surface area contributed by atoms with Gasteiger partial charge in [-0.3, -0.25) is 14.4 Å². The Morgan fingerprint density at radius 1 is 1.15 bits per heavy atom. The number of rotatable bonds is 10. The molecule has 2 aromatic carbocycles. The van der Waals surface area contributed by atoms with Gasteiger partial charge in [-0.2, -0.15) is 5.26 Å². The Morgan fingerprint density at radius 2 is 1.85 bits per heavy atom. The molecule has 2 aromatic rings. The molecule has 2 atom stereocenters. The minimum Gasteiger partial charge on any atom is -0.306 e. The second-order valence-electron chi connectivity index (χ2n) is 9.26. The predicted molar refractivity (Wildman–Crippen MR) is 125 cm³/mol. The summed E-state index contributed by atoms with van der Waals surface area (Å²) in [4.78, 5) is 4.53. The van der Waals surface area contributed by atoms with Crippen molar-refractivity contribution in [3.05, 3.63) is 71.0 Å². The topological polar surface area (TPSA) is 77.4 Å². The van der Waals surface area contributed by atoms with Crippen LogP contribution >= 0.6 is 0 Å². The first-order valence-corrected chi connectivity index (χ1v) is 11.0. The molecule has 0 spiro atoms. The van der Waals surface area contributed by atoms with E-state index >= 15 is 0 Å². The SMILES string of the molecule is CC(C)(C)[C@@H](NC[C@@H](CF)CC#N)C(=NCc1cc(F)ccc1F)N(N)Cc1cccc(F)c1. The number of hydrazine groups is 1. The van der Waals surface area contributed by atoms with Crippen LogP contribution in [0.2, 0.25) is 0 Å². The zero-order valence-corrected chi connectivity index (χ0v) is 19.7. The van der Waals surface area contributed by atoms with E-state index in [2.05, 4.69) is 10.3 Å². The van der Waals surface area contributed by atoms with Crippen LogP contribution in [0, 0.1) is 40.1 Å². The monoisotopic (exact) mass is 477 g/mol. The van der Waals surface area contributed by atoms with Crippen LogP contribution in [0.25, 0.3) is 0 Å². The van der Waals surface area contributed by atoms with Gasteiger partial charge in [0.25, 0.3) is 0 Å². The molecular formula is C25H31F4N5. The van der Waals surface area contributed by atoms with E-state index in [-0.39, 0.29) is 31.6 Å². The molecule has 0 unspecified atom stereocenters. The van der Waals surface area contributed by atoms with E-state index < -0.39 is 41.5 Å². The van der Waals surface area contributed by atoms with Crippen LogP contribution < -0.4 is 11.2 Å². The lowest BCUT2D eigenvalue weighted by Crippen LogP contribution is -2.56. The standard InChI is InChI=1S/C25H31F4N5/c1-25(2,3)23(32-14-18(13-26)9-10-30)24(33-15-19-12-21(28)7-8-22(19)29)34(31)16-17-5-4-6-20(27)11-17/h4-8,11-12,18,23,32H,9,13-16,31H2,1-3H3/t18-,23+/m1/s1. The van der Waals surface area contributed by atoms with Crippen LogP contribution in [0.5, 0.6) is 0 Å². The summed E-state index contributed by atoms with van der Waals surface area (Å²) in [7, 11) is 0. The second-order valence-corrected chi connectivity index (χ2v) is 9.26. The van der Waals surface area contributed by atoms with E-state index in [1.807, 2.05) is 26.8 Å². The van der Waals surface area contributed by atoms with E-state index in [9.17, 15) is 17.6 Å². The van der Waals surface area contributed by atoms with Crippen LogP contribution in [-0.2, 0) is 13.1 Å². The molecule has 0 aliphatic carbocycles. The first kappa shape index (κ1) is 27.3. The Kier molecular flexibility index (Phi) is 10.0. The van der Waals surface area contributed by atoms with Crippen molar-refractivity contribution in [1.29, 1.82) is 5.26 Å². The number of alkyl halides is 1. The van der Waals surface area contributed by atoms with Gasteiger partial charge in [0, 0.05) is 24.4 Å². The summed E-state index contributed by atoms with van der Waals surface area (Å²) in [5, 5.41) is 13.5. The fourth-order valence-electron chi connectivity index (χ4n) is 3.47. The molecule has 0 aliphatic rings. The molecule has 0 saturated heterocycles. The highest BCUT2D eigenvalue weighted by Gasteiger charge is 2.32. The maximum atomic E-state index is 14.2. The number of nitriles is 1. The lowest BCUT2D eigenvalue weighted by Gasteiger charge is -2.37. The highest BCUT2D eigenvalue weighted by atomic mass is 19.1. The lowest BCUT2D eigenvalue weighted by molar-refractivity contribution is 0.268. The zero-order chi connectivity index (χ0) is 25.3. The number of amidine groups is 1. The highest BCUT2D eigenvalue weighted by molar-refractivity contribution is 5.88. The number of aliphatic imine (C=N–C) groups is 1. The molecule has 2 rings (SSSR count). The van der Waals surface area contributed by atoms with Gasteiger partial charge < -0.3 is 5.32 Å².